The van der Waals surface area contributed by atoms with E-state index in [-0.39, 0.29) is 0 Å². The SMILES string of the molecule is COc1c(-c2ccc(CN3CCCCC3)[nH]2)cc(Cl)c2ccccc12. The number of aromatic nitrogens is 1. The van der Waals surface area contributed by atoms with Crippen LogP contribution in [0.15, 0.2) is 42.5 Å². The number of piperidine rings is 1. The van der Waals surface area contributed by atoms with Gasteiger partial charge in [-0.15, -0.1) is 0 Å². The van der Waals surface area contributed by atoms with Crippen molar-refractivity contribution in [2.75, 3.05) is 20.2 Å². The van der Waals surface area contributed by atoms with Gasteiger partial charge in [0.05, 0.1) is 7.11 Å². The van der Waals surface area contributed by atoms with E-state index in [1.807, 2.05) is 24.3 Å². The zero-order chi connectivity index (χ0) is 17.2. The summed E-state index contributed by atoms with van der Waals surface area (Å²) in [4.78, 5) is 6.08. The number of methoxy groups -OCH3 is 1. The first kappa shape index (κ1) is 16.5. The second-order valence-electron chi connectivity index (χ2n) is 6.72. The van der Waals surface area contributed by atoms with E-state index < -0.39 is 0 Å². The minimum absolute atomic E-state index is 0.749. The van der Waals surface area contributed by atoms with Gasteiger partial charge in [0, 0.05) is 39.3 Å². The molecule has 1 fully saturated rings. The van der Waals surface area contributed by atoms with Crippen LogP contribution >= 0.6 is 11.6 Å². The van der Waals surface area contributed by atoms with Crippen molar-refractivity contribution in [3.63, 3.8) is 0 Å². The summed E-state index contributed by atoms with van der Waals surface area (Å²) in [6, 6.07) is 14.4. The average Bonchev–Trinajstić information content (AvgIpc) is 3.11. The molecule has 3 aromatic rings. The maximum absolute atomic E-state index is 6.53. The standard InChI is InChI=1S/C21H23ClN2O/c1-25-21-17-8-4-3-7-16(17)19(22)13-18(21)20-10-9-15(23-20)14-24-11-5-2-6-12-24/h3-4,7-10,13,23H,2,5-6,11-12,14H2,1H3. The van der Waals surface area contributed by atoms with Gasteiger partial charge in [0.1, 0.15) is 5.75 Å². The van der Waals surface area contributed by atoms with E-state index >= 15 is 0 Å². The monoisotopic (exact) mass is 354 g/mol. The van der Waals surface area contributed by atoms with Gasteiger partial charge >= 0.3 is 0 Å². The smallest absolute Gasteiger partial charge is 0.136 e. The number of hydrogen-bond acceptors (Lipinski definition) is 2. The number of likely N-dealkylation sites (tertiary alicyclic amines) is 1. The molecular weight excluding hydrogens is 332 g/mol. The molecule has 0 aliphatic carbocycles. The highest BCUT2D eigenvalue weighted by Gasteiger charge is 2.16. The van der Waals surface area contributed by atoms with Crippen LogP contribution in [-0.4, -0.2) is 30.1 Å². The summed E-state index contributed by atoms with van der Waals surface area (Å²) in [5, 5.41) is 2.81. The van der Waals surface area contributed by atoms with E-state index in [2.05, 4.69) is 28.1 Å². The minimum Gasteiger partial charge on any atom is -0.495 e. The molecule has 0 radical (unpaired) electrons. The number of nitrogens with zero attached hydrogens (tertiary/aromatic N) is 1. The third-order valence-electron chi connectivity index (χ3n) is 5.03. The van der Waals surface area contributed by atoms with Crippen LogP contribution in [0.4, 0.5) is 0 Å². The third kappa shape index (κ3) is 3.26. The Labute approximate surface area is 153 Å². The van der Waals surface area contributed by atoms with Crippen molar-refractivity contribution in [1.82, 2.24) is 9.88 Å². The number of fused-ring (bicyclic) bond motifs is 1. The van der Waals surface area contributed by atoms with Crippen molar-refractivity contribution in [3.8, 4) is 17.0 Å². The molecule has 4 heteroatoms. The van der Waals surface area contributed by atoms with Gasteiger partial charge in [-0.2, -0.15) is 0 Å². The molecule has 130 valence electrons. The van der Waals surface area contributed by atoms with Crippen LogP contribution in [0.25, 0.3) is 22.0 Å². The van der Waals surface area contributed by atoms with Gasteiger partial charge in [0.15, 0.2) is 0 Å². The van der Waals surface area contributed by atoms with Crippen molar-refractivity contribution in [3.05, 3.63) is 53.2 Å². The van der Waals surface area contributed by atoms with Crippen molar-refractivity contribution < 1.29 is 4.74 Å². The molecular formula is C21H23ClN2O. The molecule has 2 aromatic carbocycles. The van der Waals surface area contributed by atoms with Crippen LogP contribution in [0.5, 0.6) is 5.75 Å². The lowest BCUT2D eigenvalue weighted by atomic mass is 10.0. The molecule has 0 bridgehead atoms. The highest BCUT2D eigenvalue weighted by atomic mass is 35.5. The number of benzene rings is 2. The molecule has 0 saturated carbocycles. The third-order valence-corrected chi connectivity index (χ3v) is 5.34. The van der Waals surface area contributed by atoms with Crippen molar-refractivity contribution >= 4 is 22.4 Å². The van der Waals surface area contributed by atoms with Crippen molar-refractivity contribution in [2.24, 2.45) is 0 Å². The lowest BCUT2D eigenvalue weighted by Gasteiger charge is -2.25. The predicted molar refractivity (Wildman–Crippen MR) is 104 cm³/mol. The predicted octanol–water partition coefficient (Wildman–Crippen LogP) is 5.48. The molecule has 2 heterocycles. The molecule has 1 aromatic heterocycles. The summed E-state index contributed by atoms with van der Waals surface area (Å²) in [6.07, 6.45) is 3.97. The second-order valence-corrected chi connectivity index (χ2v) is 7.13. The number of halogens is 1. The lowest BCUT2D eigenvalue weighted by Crippen LogP contribution is -2.29. The summed E-state index contributed by atoms with van der Waals surface area (Å²) in [7, 11) is 1.72. The van der Waals surface area contributed by atoms with E-state index in [4.69, 9.17) is 16.3 Å². The Kier molecular flexibility index (Phi) is 4.69. The first-order chi connectivity index (χ1) is 12.3. The Morgan fingerprint density at radius 2 is 1.80 bits per heavy atom. The number of nitrogens with one attached hydrogen (secondary N) is 1. The Balaban J connectivity index is 1.70. The van der Waals surface area contributed by atoms with Crippen molar-refractivity contribution in [2.45, 2.75) is 25.8 Å². The Morgan fingerprint density at radius 3 is 2.56 bits per heavy atom. The quantitative estimate of drug-likeness (QED) is 0.671. The molecule has 1 aliphatic rings. The largest absolute Gasteiger partial charge is 0.495 e. The summed E-state index contributed by atoms with van der Waals surface area (Å²) in [5.74, 6) is 0.867. The molecule has 1 aliphatic heterocycles. The Morgan fingerprint density at radius 1 is 1.04 bits per heavy atom. The second kappa shape index (κ2) is 7.11. The summed E-state index contributed by atoms with van der Waals surface area (Å²) < 4.78 is 5.74. The average molecular weight is 355 g/mol. The summed E-state index contributed by atoms with van der Waals surface area (Å²) in [5.41, 5.74) is 3.30. The van der Waals surface area contributed by atoms with E-state index in [9.17, 15) is 0 Å². The normalized spacial score (nSPS) is 15.6. The van der Waals surface area contributed by atoms with Gasteiger partial charge in [-0.3, -0.25) is 4.90 Å². The zero-order valence-corrected chi connectivity index (χ0v) is 15.3. The van der Waals surface area contributed by atoms with Crippen LogP contribution in [0.1, 0.15) is 25.0 Å². The molecule has 1 N–H and O–H groups in total. The van der Waals surface area contributed by atoms with Gasteiger partial charge in [-0.1, -0.05) is 42.3 Å². The molecule has 4 rings (SSSR count). The van der Waals surface area contributed by atoms with Gasteiger partial charge in [0.2, 0.25) is 0 Å². The fourth-order valence-electron chi connectivity index (χ4n) is 3.77. The molecule has 1 saturated heterocycles. The maximum Gasteiger partial charge on any atom is 0.136 e. The zero-order valence-electron chi connectivity index (χ0n) is 14.5. The van der Waals surface area contributed by atoms with Crippen LogP contribution in [0.2, 0.25) is 5.02 Å². The molecule has 0 amide bonds. The molecule has 3 nitrogen and oxygen atoms in total. The van der Waals surface area contributed by atoms with E-state index in [1.54, 1.807) is 7.11 Å². The van der Waals surface area contributed by atoms with Gasteiger partial charge in [-0.25, -0.2) is 0 Å². The maximum atomic E-state index is 6.53. The van der Waals surface area contributed by atoms with E-state index in [0.717, 1.165) is 39.3 Å². The fraction of sp³-hybridized carbons (Fsp3) is 0.333. The molecule has 0 spiro atoms. The highest BCUT2D eigenvalue weighted by molar-refractivity contribution is 6.36. The minimum atomic E-state index is 0.749. The van der Waals surface area contributed by atoms with Gasteiger partial charge in [0.25, 0.3) is 0 Å². The molecule has 0 unspecified atom stereocenters. The van der Waals surface area contributed by atoms with Crippen molar-refractivity contribution in [1.29, 1.82) is 0 Å². The number of aromatic amines is 1. The molecule has 25 heavy (non-hydrogen) atoms. The molecule has 0 atom stereocenters. The lowest BCUT2D eigenvalue weighted by molar-refractivity contribution is 0.219. The van der Waals surface area contributed by atoms with Crippen LogP contribution in [0, 0.1) is 0 Å². The first-order valence-corrected chi connectivity index (χ1v) is 9.30. The van der Waals surface area contributed by atoms with Crippen LogP contribution in [0.3, 0.4) is 0 Å². The number of H-pyrrole nitrogens is 1. The number of hydrogen-bond donors (Lipinski definition) is 1. The topological polar surface area (TPSA) is 28.3 Å². The summed E-state index contributed by atoms with van der Waals surface area (Å²) >= 11 is 6.53. The Bertz CT molecular complexity index is 881. The van der Waals surface area contributed by atoms with Crippen LogP contribution < -0.4 is 4.74 Å². The van der Waals surface area contributed by atoms with E-state index in [1.165, 1.54) is 38.0 Å². The number of rotatable bonds is 4. The summed E-state index contributed by atoms with van der Waals surface area (Å²) in [6.45, 7) is 3.36. The highest BCUT2D eigenvalue weighted by Crippen LogP contribution is 2.40. The van der Waals surface area contributed by atoms with E-state index in [0.29, 0.717) is 0 Å². The Hall–Kier alpha value is -1.97. The van der Waals surface area contributed by atoms with Crippen LogP contribution in [-0.2, 0) is 6.54 Å². The fourth-order valence-corrected chi connectivity index (χ4v) is 4.05. The van der Waals surface area contributed by atoms with Gasteiger partial charge in [-0.05, 0) is 44.1 Å². The first-order valence-electron chi connectivity index (χ1n) is 8.92. The van der Waals surface area contributed by atoms with Gasteiger partial charge < -0.3 is 9.72 Å². The number of ether oxygens (including phenoxy) is 1.